The molecule has 0 aliphatic heterocycles. The molecule has 0 aliphatic rings. The summed E-state index contributed by atoms with van der Waals surface area (Å²) in [5.41, 5.74) is 1.08. The number of carbonyl (C=O) groups excluding carboxylic acids is 2. The number of hydrogen-bond acceptors (Lipinski definition) is 5. The van der Waals surface area contributed by atoms with Crippen LogP contribution in [0.15, 0.2) is 83.8 Å². The Kier molecular flexibility index (Phi) is 10.7. The first-order chi connectivity index (χ1) is 19.1. The number of carbonyl (C=O) groups is 2. The van der Waals surface area contributed by atoms with Crippen LogP contribution >= 0.6 is 0 Å². The zero-order valence-corrected chi connectivity index (χ0v) is 24.0. The van der Waals surface area contributed by atoms with E-state index in [1.807, 2.05) is 44.2 Å². The van der Waals surface area contributed by atoms with Crippen molar-refractivity contribution in [1.29, 1.82) is 0 Å². The zero-order chi connectivity index (χ0) is 29.3. The van der Waals surface area contributed by atoms with Crippen LogP contribution in [0.5, 0.6) is 5.75 Å². The van der Waals surface area contributed by atoms with E-state index in [2.05, 4.69) is 5.32 Å². The van der Waals surface area contributed by atoms with Gasteiger partial charge < -0.3 is 15.0 Å². The highest BCUT2D eigenvalue weighted by Gasteiger charge is 2.32. The molecule has 214 valence electrons. The molecule has 0 bridgehead atoms. The maximum Gasteiger partial charge on any atom is 0.264 e. The monoisotopic (exact) mass is 569 g/mol. The molecule has 0 aliphatic carbocycles. The third kappa shape index (κ3) is 7.81. The van der Waals surface area contributed by atoms with Crippen molar-refractivity contribution < 1.29 is 27.1 Å². The Labute approximate surface area is 235 Å². The number of rotatable bonds is 13. The van der Waals surface area contributed by atoms with E-state index in [0.717, 1.165) is 28.4 Å². The van der Waals surface area contributed by atoms with Crippen LogP contribution in [0.3, 0.4) is 0 Å². The molecule has 0 radical (unpaired) electrons. The van der Waals surface area contributed by atoms with Crippen LogP contribution in [0.2, 0.25) is 0 Å². The second kappa shape index (κ2) is 13.9. The standard InChI is InChI=1S/C30H36FN3O5S/c1-5-22(2)32-30(36)23(3)33(20-19-24-9-7-6-8-10-24)29(35)21-34(26-13-11-25(31)12-14-26)40(37,38)28-17-15-27(39-4)16-18-28/h6-18,22-23H,5,19-21H2,1-4H3,(H,32,36)/t22-,23+/m1/s1. The number of nitrogens with one attached hydrogen (secondary N) is 1. The van der Waals surface area contributed by atoms with Crippen molar-refractivity contribution in [2.45, 2.75) is 50.6 Å². The lowest BCUT2D eigenvalue weighted by Crippen LogP contribution is -2.53. The number of ether oxygens (including phenoxy) is 1. The van der Waals surface area contributed by atoms with Gasteiger partial charge in [-0.15, -0.1) is 0 Å². The van der Waals surface area contributed by atoms with Gasteiger partial charge in [-0.3, -0.25) is 13.9 Å². The third-order valence-electron chi connectivity index (χ3n) is 6.69. The highest BCUT2D eigenvalue weighted by Crippen LogP contribution is 2.26. The number of nitrogens with zero attached hydrogens (tertiary/aromatic N) is 2. The van der Waals surface area contributed by atoms with Crippen molar-refractivity contribution in [2.24, 2.45) is 0 Å². The van der Waals surface area contributed by atoms with Gasteiger partial charge in [0.05, 0.1) is 17.7 Å². The molecule has 3 aromatic rings. The molecular weight excluding hydrogens is 533 g/mol. The summed E-state index contributed by atoms with van der Waals surface area (Å²) in [6.07, 6.45) is 1.18. The number of hydrogen-bond donors (Lipinski definition) is 1. The van der Waals surface area contributed by atoms with Gasteiger partial charge in [-0.2, -0.15) is 0 Å². The second-order valence-electron chi connectivity index (χ2n) is 9.48. The molecular formula is C30H36FN3O5S. The Morgan fingerprint density at radius 3 is 2.15 bits per heavy atom. The predicted molar refractivity (Wildman–Crippen MR) is 153 cm³/mol. The molecule has 0 aromatic heterocycles. The average Bonchev–Trinajstić information content (AvgIpc) is 2.96. The van der Waals surface area contributed by atoms with E-state index in [4.69, 9.17) is 4.74 Å². The Hall–Kier alpha value is -3.92. The van der Waals surface area contributed by atoms with Crippen LogP contribution in [-0.2, 0) is 26.0 Å². The van der Waals surface area contributed by atoms with Crippen molar-refractivity contribution in [1.82, 2.24) is 10.2 Å². The normalized spacial score (nSPS) is 12.7. The summed E-state index contributed by atoms with van der Waals surface area (Å²) in [6, 6.07) is 19.2. The molecule has 0 unspecified atom stereocenters. The molecule has 0 saturated carbocycles. The lowest BCUT2D eigenvalue weighted by atomic mass is 10.1. The largest absolute Gasteiger partial charge is 0.497 e. The van der Waals surface area contributed by atoms with Crippen LogP contribution in [0.25, 0.3) is 0 Å². The summed E-state index contributed by atoms with van der Waals surface area (Å²) in [7, 11) is -2.78. The van der Waals surface area contributed by atoms with Gasteiger partial charge in [0.25, 0.3) is 10.0 Å². The third-order valence-corrected chi connectivity index (χ3v) is 8.48. The molecule has 10 heteroatoms. The van der Waals surface area contributed by atoms with Gasteiger partial charge in [0.2, 0.25) is 11.8 Å². The molecule has 0 fully saturated rings. The zero-order valence-electron chi connectivity index (χ0n) is 23.2. The number of halogens is 1. The molecule has 3 rings (SSSR count). The quantitative estimate of drug-likeness (QED) is 0.329. The lowest BCUT2D eigenvalue weighted by Gasteiger charge is -2.32. The van der Waals surface area contributed by atoms with E-state index in [1.54, 1.807) is 6.92 Å². The van der Waals surface area contributed by atoms with Crippen LogP contribution in [0, 0.1) is 5.82 Å². The van der Waals surface area contributed by atoms with Gasteiger partial charge in [-0.05, 0) is 80.8 Å². The van der Waals surface area contributed by atoms with Crippen LogP contribution < -0.4 is 14.4 Å². The van der Waals surface area contributed by atoms with Crippen LogP contribution in [0.1, 0.15) is 32.8 Å². The summed E-state index contributed by atoms with van der Waals surface area (Å²) >= 11 is 0. The Bertz CT molecular complexity index is 1370. The Balaban J connectivity index is 1.97. The first-order valence-corrected chi connectivity index (χ1v) is 14.6. The molecule has 8 nitrogen and oxygen atoms in total. The molecule has 1 N–H and O–H groups in total. The van der Waals surface area contributed by atoms with Crippen LogP contribution in [0.4, 0.5) is 10.1 Å². The van der Waals surface area contributed by atoms with Crippen molar-refractivity contribution in [3.63, 3.8) is 0 Å². The van der Waals surface area contributed by atoms with Crippen molar-refractivity contribution in [3.05, 3.63) is 90.2 Å². The molecule has 0 heterocycles. The van der Waals surface area contributed by atoms with E-state index < -0.39 is 34.3 Å². The highest BCUT2D eigenvalue weighted by atomic mass is 32.2. The Morgan fingerprint density at radius 1 is 0.950 bits per heavy atom. The predicted octanol–water partition coefficient (Wildman–Crippen LogP) is 4.40. The summed E-state index contributed by atoms with van der Waals surface area (Å²) in [5.74, 6) is -0.973. The summed E-state index contributed by atoms with van der Waals surface area (Å²) in [4.78, 5) is 28.2. The minimum absolute atomic E-state index is 0.0659. The fourth-order valence-electron chi connectivity index (χ4n) is 4.05. The van der Waals surface area contributed by atoms with Gasteiger partial charge in [0, 0.05) is 12.6 Å². The topological polar surface area (TPSA) is 96.0 Å². The van der Waals surface area contributed by atoms with E-state index in [0.29, 0.717) is 12.2 Å². The van der Waals surface area contributed by atoms with E-state index in [1.165, 1.54) is 48.4 Å². The lowest BCUT2D eigenvalue weighted by molar-refractivity contribution is -0.139. The minimum atomic E-state index is -4.25. The van der Waals surface area contributed by atoms with E-state index in [-0.39, 0.29) is 29.1 Å². The fourth-order valence-corrected chi connectivity index (χ4v) is 5.46. The molecule has 3 aromatic carbocycles. The maximum absolute atomic E-state index is 13.8. The van der Waals surface area contributed by atoms with Gasteiger partial charge in [0.1, 0.15) is 24.2 Å². The van der Waals surface area contributed by atoms with E-state index >= 15 is 0 Å². The van der Waals surface area contributed by atoms with Crippen LogP contribution in [-0.4, -0.2) is 57.4 Å². The fraction of sp³-hybridized carbons (Fsp3) is 0.333. The maximum atomic E-state index is 13.8. The minimum Gasteiger partial charge on any atom is -0.497 e. The number of benzene rings is 3. The first-order valence-electron chi connectivity index (χ1n) is 13.1. The first kappa shape index (κ1) is 30.6. The SMILES string of the molecule is CC[C@@H](C)NC(=O)[C@H](C)N(CCc1ccccc1)C(=O)CN(c1ccc(F)cc1)S(=O)(=O)c1ccc(OC)cc1. The molecule has 0 spiro atoms. The summed E-state index contributed by atoms with van der Waals surface area (Å²) in [6.45, 7) is 5.05. The average molecular weight is 570 g/mol. The molecule has 2 amide bonds. The highest BCUT2D eigenvalue weighted by molar-refractivity contribution is 7.92. The van der Waals surface area contributed by atoms with Gasteiger partial charge >= 0.3 is 0 Å². The molecule has 0 saturated heterocycles. The second-order valence-corrected chi connectivity index (χ2v) is 11.3. The van der Waals surface area contributed by atoms with Gasteiger partial charge in [-0.25, -0.2) is 12.8 Å². The van der Waals surface area contributed by atoms with Crippen molar-refractivity contribution >= 4 is 27.5 Å². The van der Waals surface area contributed by atoms with Gasteiger partial charge in [-0.1, -0.05) is 37.3 Å². The number of amides is 2. The number of methoxy groups -OCH3 is 1. The van der Waals surface area contributed by atoms with Crippen molar-refractivity contribution in [2.75, 3.05) is 24.5 Å². The van der Waals surface area contributed by atoms with E-state index in [9.17, 15) is 22.4 Å². The van der Waals surface area contributed by atoms with Crippen molar-refractivity contribution in [3.8, 4) is 5.75 Å². The van der Waals surface area contributed by atoms with Gasteiger partial charge in [0.15, 0.2) is 0 Å². The summed E-state index contributed by atoms with van der Waals surface area (Å²) in [5, 5.41) is 2.90. The summed E-state index contributed by atoms with van der Waals surface area (Å²) < 4.78 is 47.4. The molecule has 40 heavy (non-hydrogen) atoms. The number of sulfonamides is 1. The molecule has 2 atom stereocenters. The number of anilines is 1. The Morgan fingerprint density at radius 2 is 1.57 bits per heavy atom. The smallest absolute Gasteiger partial charge is 0.264 e.